The maximum absolute atomic E-state index is 14.2. The van der Waals surface area contributed by atoms with Crippen LogP contribution in [0.4, 0.5) is 9.18 Å². The lowest BCUT2D eigenvalue weighted by Crippen LogP contribution is -2.36. The first kappa shape index (κ1) is 17.7. The second kappa shape index (κ2) is 7.30. The van der Waals surface area contributed by atoms with Crippen molar-refractivity contribution in [2.45, 2.75) is 38.7 Å². The van der Waals surface area contributed by atoms with Crippen LogP contribution < -0.4 is 5.32 Å². The summed E-state index contributed by atoms with van der Waals surface area (Å²) in [5.41, 5.74) is 0.225. The minimum Gasteiger partial charge on any atom is -0.444 e. The number of likely N-dealkylation sites (tertiary alicyclic amines) is 1. The lowest BCUT2D eigenvalue weighted by Gasteiger charge is -2.26. The number of nitrogens with one attached hydrogen (secondary N) is 1. The van der Waals surface area contributed by atoms with Gasteiger partial charge in [-0.3, -0.25) is 0 Å². The molecule has 1 saturated heterocycles. The maximum atomic E-state index is 14.2. The van der Waals surface area contributed by atoms with E-state index < -0.39 is 5.60 Å². The van der Waals surface area contributed by atoms with Crippen molar-refractivity contribution in [3.63, 3.8) is 0 Å². The Morgan fingerprint density at radius 3 is 2.74 bits per heavy atom. The van der Waals surface area contributed by atoms with Gasteiger partial charge in [-0.15, -0.1) is 0 Å². The highest BCUT2D eigenvalue weighted by Gasteiger charge is 2.35. The van der Waals surface area contributed by atoms with Gasteiger partial charge in [0.2, 0.25) is 0 Å². The fraction of sp³-hybridized carbons (Fsp3) is 0.611. The Labute approximate surface area is 138 Å². The number of hydrogen-bond acceptors (Lipinski definition) is 3. The normalized spacial score (nSPS) is 19.7. The number of amides is 1. The molecular formula is C18H27FN2O2. The van der Waals surface area contributed by atoms with E-state index >= 15 is 0 Å². The molecule has 0 bridgehead atoms. The highest BCUT2D eigenvalue weighted by Crippen LogP contribution is 2.33. The van der Waals surface area contributed by atoms with E-state index in [1.165, 1.54) is 6.07 Å². The molecule has 1 amide bonds. The van der Waals surface area contributed by atoms with Crippen molar-refractivity contribution in [3.8, 4) is 0 Å². The van der Waals surface area contributed by atoms with Gasteiger partial charge in [-0.25, -0.2) is 9.18 Å². The third-order valence-corrected chi connectivity index (χ3v) is 4.17. The molecule has 0 radical (unpaired) electrons. The highest BCUT2D eigenvalue weighted by molar-refractivity contribution is 5.68. The molecule has 23 heavy (non-hydrogen) atoms. The Morgan fingerprint density at radius 1 is 1.43 bits per heavy atom. The summed E-state index contributed by atoms with van der Waals surface area (Å²) in [7, 11) is 1.87. The van der Waals surface area contributed by atoms with Gasteiger partial charge in [0.15, 0.2) is 0 Å². The van der Waals surface area contributed by atoms with E-state index in [2.05, 4.69) is 5.32 Å². The number of hydrogen-bond donors (Lipinski definition) is 1. The Bertz CT molecular complexity index is 542. The molecule has 1 aromatic rings. The van der Waals surface area contributed by atoms with Gasteiger partial charge in [0, 0.05) is 25.6 Å². The number of ether oxygens (including phenoxy) is 1. The predicted octanol–water partition coefficient (Wildman–Crippen LogP) is 3.39. The standard InChI is InChI=1S/C18H27FN2O2/c1-18(2,3)23-17(22)21-10-9-13(12-21)15(11-20-4)14-7-5-6-8-16(14)19/h5-8,13,15,20H,9-12H2,1-4H3. The molecule has 2 rings (SSSR count). The lowest BCUT2D eigenvalue weighted by molar-refractivity contribution is 0.0286. The third-order valence-electron chi connectivity index (χ3n) is 4.17. The molecule has 0 aromatic heterocycles. The predicted molar refractivity (Wildman–Crippen MR) is 89.0 cm³/mol. The van der Waals surface area contributed by atoms with Crippen molar-refractivity contribution in [1.29, 1.82) is 0 Å². The summed E-state index contributed by atoms with van der Waals surface area (Å²) in [5.74, 6) is 0.101. The Hall–Kier alpha value is -1.62. The fourth-order valence-corrected chi connectivity index (χ4v) is 3.13. The topological polar surface area (TPSA) is 41.6 Å². The first-order chi connectivity index (χ1) is 10.8. The van der Waals surface area contributed by atoms with Gasteiger partial charge in [0.25, 0.3) is 0 Å². The molecule has 1 aliphatic heterocycles. The van der Waals surface area contributed by atoms with Gasteiger partial charge in [0.05, 0.1) is 0 Å². The zero-order chi connectivity index (χ0) is 17.0. The zero-order valence-corrected chi connectivity index (χ0v) is 14.4. The van der Waals surface area contributed by atoms with Crippen LogP contribution >= 0.6 is 0 Å². The van der Waals surface area contributed by atoms with Crippen LogP contribution in [0.1, 0.15) is 38.7 Å². The molecule has 1 aliphatic rings. The van der Waals surface area contributed by atoms with Crippen LogP contribution in [-0.2, 0) is 4.74 Å². The van der Waals surface area contributed by atoms with Crippen LogP contribution in [0.5, 0.6) is 0 Å². The summed E-state index contributed by atoms with van der Waals surface area (Å²) >= 11 is 0. The molecule has 5 heteroatoms. The summed E-state index contributed by atoms with van der Waals surface area (Å²) in [6, 6.07) is 6.91. The van der Waals surface area contributed by atoms with Crippen molar-refractivity contribution in [3.05, 3.63) is 35.6 Å². The molecule has 0 spiro atoms. The quantitative estimate of drug-likeness (QED) is 0.924. The van der Waals surface area contributed by atoms with E-state index in [1.54, 1.807) is 11.0 Å². The second-order valence-electron chi connectivity index (χ2n) is 7.16. The van der Waals surface area contributed by atoms with Crippen LogP contribution in [0.3, 0.4) is 0 Å². The number of carbonyl (C=O) groups excluding carboxylic acids is 1. The average molecular weight is 322 g/mol. The first-order valence-electron chi connectivity index (χ1n) is 8.19. The summed E-state index contributed by atoms with van der Waals surface area (Å²) in [5, 5.41) is 3.15. The van der Waals surface area contributed by atoms with E-state index in [4.69, 9.17) is 4.74 Å². The van der Waals surface area contributed by atoms with Gasteiger partial charge in [-0.1, -0.05) is 18.2 Å². The van der Waals surface area contributed by atoms with Gasteiger partial charge < -0.3 is 15.0 Å². The molecule has 4 nitrogen and oxygen atoms in total. The van der Waals surface area contributed by atoms with Crippen LogP contribution in [-0.4, -0.2) is 43.3 Å². The Morgan fingerprint density at radius 2 is 2.13 bits per heavy atom. The molecule has 2 atom stereocenters. The first-order valence-corrected chi connectivity index (χ1v) is 8.19. The van der Waals surface area contributed by atoms with Gasteiger partial charge in [0.1, 0.15) is 11.4 Å². The largest absolute Gasteiger partial charge is 0.444 e. The fourth-order valence-electron chi connectivity index (χ4n) is 3.13. The Kier molecular flexibility index (Phi) is 5.63. The molecule has 1 heterocycles. The number of rotatable bonds is 4. The molecule has 0 saturated carbocycles. The smallest absolute Gasteiger partial charge is 0.410 e. The molecule has 1 fully saturated rings. The molecule has 128 valence electrons. The number of carbonyl (C=O) groups is 1. The van der Waals surface area contributed by atoms with E-state index in [-0.39, 0.29) is 23.7 Å². The molecule has 1 aromatic carbocycles. The van der Waals surface area contributed by atoms with E-state index in [9.17, 15) is 9.18 Å². The van der Waals surface area contributed by atoms with Gasteiger partial charge >= 0.3 is 6.09 Å². The Balaban J connectivity index is 2.08. The van der Waals surface area contributed by atoms with Crippen molar-refractivity contribution in [2.75, 3.05) is 26.7 Å². The summed E-state index contributed by atoms with van der Waals surface area (Å²) < 4.78 is 19.6. The lowest BCUT2D eigenvalue weighted by atomic mass is 9.85. The van der Waals surface area contributed by atoms with Gasteiger partial charge in [-0.2, -0.15) is 0 Å². The highest BCUT2D eigenvalue weighted by atomic mass is 19.1. The molecule has 2 unspecified atom stereocenters. The number of benzene rings is 1. The number of likely N-dealkylation sites (N-methyl/N-ethyl adjacent to an activating group) is 1. The maximum Gasteiger partial charge on any atom is 0.410 e. The minimum absolute atomic E-state index is 0.0497. The zero-order valence-electron chi connectivity index (χ0n) is 14.4. The molecular weight excluding hydrogens is 295 g/mol. The van der Waals surface area contributed by atoms with Crippen LogP contribution in [0.15, 0.2) is 24.3 Å². The monoisotopic (exact) mass is 322 g/mol. The van der Waals surface area contributed by atoms with Gasteiger partial charge in [-0.05, 0) is 51.8 Å². The summed E-state index contributed by atoms with van der Waals surface area (Å²) in [4.78, 5) is 13.9. The summed E-state index contributed by atoms with van der Waals surface area (Å²) in [6.45, 7) is 7.54. The number of halogens is 1. The minimum atomic E-state index is -0.495. The molecule has 0 aliphatic carbocycles. The number of nitrogens with zero attached hydrogens (tertiary/aromatic N) is 1. The van der Waals surface area contributed by atoms with E-state index in [1.807, 2.05) is 40.0 Å². The van der Waals surface area contributed by atoms with Crippen molar-refractivity contribution in [1.82, 2.24) is 10.2 Å². The third kappa shape index (κ3) is 4.67. The second-order valence-corrected chi connectivity index (χ2v) is 7.16. The van der Waals surface area contributed by atoms with Crippen LogP contribution in [0.2, 0.25) is 0 Å². The SMILES string of the molecule is CNCC(c1ccccc1F)C1CCN(C(=O)OC(C)(C)C)C1. The van der Waals surface area contributed by atoms with Crippen molar-refractivity contribution >= 4 is 6.09 Å². The van der Waals surface area contributed by atoms with E-state index in [0.29, 0.717) is 19.6 Å². The van der Waals surface area contributed by atoms with Crippen molar-refractivity contribution in [2.24, 2.45) is 5.92 Å². The van der Waals surface area contributed by atoms with E-state index in [0.717, 1.165) is 12.0 Å². The average Bonchev–Trinajstić information content (AvgIpc) is 2.93. The summed E-state index contributed by atoms with van der Waals surface area (Å²) in [6.07, 6.45) is 0.580. The van der Waals surface area contributed by atoms with Crippen molar-refractivity contribution < 1.29 is 13.9 Å². The van der Waals surface area contributed by atoms with Crippen LogP contribution in [0.25, 0.3) is 0 Å². The molecule has 1 N–H and O–H groups in total. The van der Waals surface area contributed by atoms with Crippen LogP contribution in [0, 0.1) is 11.7 Å².